The minimum Gasteiger partial charge on any atom is -0.497 e. The molecule has 0 aliphatic carbocycles. The number of anilines is 1. The summed E-state index contributed by atoms with van der Waals surface area (Å²) in [5.41, 5.74) is 0.453. The van der Waals surface area contributed by atoms with Gasteiger partial charge in [0.15, 0.2) is 5.52 Å². The van der Waals surface area contributed by atoms with Crippen LogP contribution in [0.1, 0.15) is 16.6 Å². The van der Waals surface area contributed by atoms with Crippen molar-refractivity contribution in [3.05, 3.63) is 50.0 Å². The van der Waals surface area contributed by atoms with Gasteiger partial charge >= 0.3 is 5.69 Å². The molecule has 10 heteroatoms. The summed E-state index contributed by atoms with van der Waals surface area (Å²) in [5.74, 6) is 0.590. The number of aromatic nitrogens is 3. The number of amides is 1. The number of piperazine rings is 1. The number of aromatic amines is 1. The Labute approximate surface area is 170 Å². The van der Waals surface area contributed by atoms with E-state index in [1.54, 1.807) is 18.9 Å². The number of H-pyrrole nitrogens is 1. The van der Waals surface area contributed by atoms with E-state index in [1.807, 2.05) is 24.3 Å². The Balaban J connectivity index is 1.52. The van der Waals surface area contributed by atoms with E-state index in [9.17, 15) is 14.4 Å². The third-order valence-electron chi connectivity index (χ3n) is 5.13. The van der Waals surface area contributed by atoms with Crippen LogP contribution in [-0.4, -0.2) is 58.0 Å². The first-order valence-electron chi connectivity index (χ1n) is 9.34. The Morgan fingerprint density at radius 2 is 1.86 bits per heavy atom. The van der Waals surface area contributed by atoms with Crippen molar-refractivity contribution in [2.24, 2.45) is 0 Å². The van der Waals surface area contributed by atoms with Gasteiger partial charge in [-0.1, -0.05) is 0 Å². The molecule has 0 saturated carbocycles. The summed E-state index contributed by atoms with van der Waals surface area (Å²) in [6, 6.07) is 7.82. The Hall–Kier alpha value is -3.14. The third-order valence-corrected chi connectivity index (χ3v) is 5.97. The topological polar surface area (TPSA) is 101 Å². The summed E-state index contributed by atoms with van der Waals surface area (Å²) in [5, 5.41) is 0. The first-order valence-corrected chi connectivity index (χ1v) is 10.1. The highest BCUT2D eigenvalue weighted by Gasteiger charge is 2.26. The van der Waals surface area contributed by atoms with Gasteiger partial charge in [0.1, 0.15) is 10.6 Å². The highest BCUT2D eigenvalue weighted by molar-refractivity contribution is 7.09. The molecule has 0 bridgehead atoms. The summed E-state index contributed by atoms with van der Waals surface area (Å²) in [7, 11) is 1.63. The Bertz CT molecular complexity index is 1160. The van der Waals surface area contributed by atoms with Crippen LogP contribution in [0, 0.1) is 0 Å². The van der Waals surface area contributed by atoms with Crippen molar-refractivity contribution >= 4 is 34.2 Å². The molecule has 4 rings (SSSR count). The number of nitrogens with zero attached hydrogens (tertiary/aromatic N) is 4. The van der Waals surface area contributed by atoms with E-state index in [4.69, 9.17) is 4.74 Å². The molecule has 1 aliphatic rings. The number of carbonyl (C=O) groups is 1. The molecule has 0 atom stereocenters. The van der Waals surface area contributed by atoms with Gasteiger partial charge in [0, 0.05) is 38.4 Å². The van der Waals surface area contributed by atoms with Crippen LogP contribution in [0.5, 0.6) is 5.75 Å². The van der Waals surface area contributed by atoms with Crippen molar-refractivity contribution in [1.29, 1.82) is 0 Å². The summed E-state index contributed by atoms with van der Waals surface area (Å²) in [4.78, 5) is 44.4. The molecule has 1 saturated heterocycles. The number of rotatable bonds is 4. The van der Waals surface area contributed by atoms with Crippen molar-refractivity contribution in [3.8, 4) is 5.75 Å². The van der Waals surface area contributed by atoms with Crippen molar-refractivity contribution in [2.45, 2.75) is 13.5 Å². The molecule has 1 fully saturated rings. The average Bonchev–Trinajstić information content (AvgIpc) is 3.17. The van der Waals surface area contributed by atoms with Gasteiger partial charge in [0.25, 0.3) is 11.5 Å². The molecular formula is C19H21N5O4S. The normalized spacial score (nSPS) is 14.4. The number of methoxy groups -OCH3 is 1. The number of fused-ring (bicyclic) bond motifs is 1. The molecular weight excluding hydrogens is 394 g/mol. The predicted octanol–water partition coefficient (Wildman–Crippen LogP) is 1.14. The molecule has 1 amide bonds. The molecule has 152 valence electrons. The molecule has 9 nitrogen and oxygen atoms in total. The number of benzene rings is 1. The lowest BCUT2D eigenvalue weighted by molar-refractivity contribution is 0.0753. The minimum absolute atomic E-state index is 0.136. The second-order valence-electron chi connectivity index (χ2n) is 6.69. The zero-order chi connectivity index (χ0) is 20.5. The molecule has 0 unspecified atom stereocenters. The van der Waals surface area contributed by atoms with Crippen molar-refractivity contribution in [1.82, 2.24) is 18.8 Å². The molecule has 0 spiro atoms. The monoisotopic (exact) mass is 415 g/mol. The number of ether oxygens (including phenoxy) is 1. The maximum absolute atomic E-state index is 13.0. The van der Waals surface area contributed by atoms with E-state index in [0.29, 0.717) is 31.1 Å². The minimum atomic E-state index is -0.524. The molecule has 1 aliphatic heterocycles. The molecule has 29 heavy (non-hydrogen) atoms. The second-order valence-corrected chi connectivity index (χ2v) is 7.47. The fourth-order valence-corrected chi connectivity index (χ4v) is 4.28. The predicted molar refractivity (Wildman–Crippen MR) is 111 cm³/mol. The lowest BCUT2D eigenvalue weighted by Gasteiger charge is -2.36. The van der Waals surface area contributed by atoms with Crippen LogP contribution < -0.4 is 20.9 Å². The summed E-state index contributed by atoms with van der Waals surface area (Å²) < 4.78 is 10.4. The first-order chi connectivity index (χ1) is 14.0. The first kappa shape index (κ1) is 19.2. The van der Waals surface area contributed by atoms with Crippen molar-refractivity contribution in [3.63, 3.8) is 0 Å². The summed E-state index contributed by atoms with van der Waals surface area (Å²) in [6.45, 7) is 4.42. The molecule has 1 N–H and O–H groups in total. The quantitative estimate of drug-likeness (QED) is 0.686. The lowest BCUT2D eigenvalue weighted by Crippen LogP contribution is -2.48. The standard InChI is InChI=1S/C19H21N5O4S/c1-3-24-17(25)15-14(20-19(24)27)16(29-21-15)18(26)23-10-8-22(9-11-23)12-4-6-13(28-2)7-5-12/h4-7H,3,8-11H2,1-2H3,(H,20,27). The molecule has 1 aromatic carbocycles. The van der Waals surface area contributed by atoms with Gasteiger partial charge < -0.3 is 19.5 Å². The highest BCUT2D eigenvalue weighted by Crippen LogP contribution is 2.23. The summed E-state index contributed by atoms with van der Waals surface area (Å²) >= 11 is 0.956. The molecule has 0 radical (unpaired) electrons. The Morgan fingerprint density at radius 3 is 2.48 bits per heavy atom. The summed E-state index contributed by atoms with van der Waals surface area (Å²) in [6.07, 6.45) is 0. The maximum atomic E-state index is 13.0. The smallest absolute Gasteiger partial charge is 0.328 e. The zero-order valence-electron chi connectivity index (χ0n) is 16.2. The average molecular weight is 415 g/mol. The van der Waals surface area contributed by atoms with Gasteiger partial charge in [0.05, 0.1) is 12.6 Å². The SMILES string of the molecule is CCn1c(=O)[nH]c2c(C(=O)N3CCN(c4ccc(OC)cc4)CC3)snc2c1=O. The lowest BCUT2D eigenvalue weighted by atomic mass is 10.2. The third kappa shape index (κ3) is 3.39. The molecule has 3 aromatic rings. The van der Waals surface area contributed by atoms with Crippen LogP contribution in [0.15, 0.2) is 33.9 Å². The van der Waals surface area contributed by atoms with E-state index in [0.717, 1.165) is 27.5 Å². The van der Waals surface area contributed by atoms with Gasteiger partial charge in [-0.15, -0.1) is 0 Å². The van der Waals surface area contributed by atoms with Crippen LogP contribution in [0.3, 0.4) is 0 Å². The highest BCUT2D eigenvalue weighted by atomic mass is 32.1. The van der Waals surface area contributed by atoms with Crippen LogP contribution in [-0.2, 0) is 6.54 Å². The molecule has 3 heterocycles. The fraction of sp³-hybridized carbons (Fsp3) is 0.368. The van der Waals surface area contributed by atoms with Crippen LogP contribution >= 0.6 is 11.5 Å². The van der Waals surface area contributed by atoms with Crippen molar-refractivity contribution in [2.75, 3.05) is 38.2 Å². The van der Waals surface area contributed by atoms with Gasteiger partial charge in [0.2, 0.25) is 0 Å². The Kier molecular flexibility index (Phi) is 5.10. The van der Waals surface area contributed by atoms with Gasteiger partial charge in [-0.3, -0.25) is 14.2 Å². The van der Waals surface area contributed by atoms with E-state index in [2.05, 4.69) is 14.3 Å². The molecule has 2 aromatic heterocycles. The maximum Gasteiger partial charge on any atom is 0.328 e. The number of hydrogen-bond donors (Lipinski definition) is 1. The zero-order valence-corrected chi connectivity index (χ0v) is 17.0. The van der Waals surface area contributed by atoms with Crippen LogP contribution in [0.25, 0.3) is 11.0 Å². The van der Waals surface area contributed by atoms with Crippen LogP contribution in [0.2, 0.25) is 0 Å². The van der Waals surface area contributed by atoms with E-state index in [-0.39, 0.29) is 23.5 Å². The van der Waals surface area contributed by atoms with Crippen molar-refractivity contribution < 1.29 is 9.53 Å². The van der Waals surface area contributed by atoms with E-state index >= 15 is 0 Å². The largest absolute Gasteiger partial charge is 0.497 e. The number of carbonyl (C=O) groups excluding carboxylic acids is 1. The fourth-order valence-electron chi connectivity index (χ4n) is 3.48. The van der Waals surface area contributed by atoms with E-state index in [1.165, 1.54) is 0 Å². The van der Waals surface area contributed by atoms with Gasteiger partial charge in [-0.05, 0) is 42.7 Å². The van der Waals surface area contributed by atoms with E-state index < -0.39 is 11.2 Å². The van der Waals surface area contributed by atoms with Gasteiger partial charge in [-0.2, -0.15) is 4.37 Å². The second kappa shape index (κ2) is 7.70. The van der Waals surface area contributed by atoms with Crippen LogP contribution in [0.4, 0.5) is 5.69 Å². The Morgan fingerprint density at radius 1 is 1.17 bits per heavy atom. The number of hydrogen-bond acceptors (Lipinski definition) is 7. The number of nitrogens with one attached hydrogen (secondary N) is 1. The van der Waals surface area contributed by atoms with Gasteiger partial charge in [-0.25, -0.2) is 4.79 Å².